The lowest BCUT2D eigenvalue weighted by Crippen LogP contribution is -2.23. The predicted molar refractivity (Wildman–Crippen MR) is 63.2 cm³/mol. The van der Waals surface area contributed by atoms with Gasteiger partial charge in [-0.15, -0.1) is 0 Å². The molecule has 0 aromatic carbocycles. The van der Waals surface area contributed by atoms with Crippen LogP contribution in [-0.2, 0) is 0 Å². The number of nitrogens with one attached hydrogen (secondary N) is 1. The fourth-order valence-electron chi connectivity index (χ4n) is 1.07. The van der Waals surface area contributed by atoms with Crippen molar-refractivity contribution in [2.24, 2.45) is 0 Å². The van der Waals surface area contributed by atoms with Crippen molar-refractivity contribution in [3.63, 3.8) is 0 Å². The Hall–Kier alpha value is -0.540. The van der Waals surface area contributed by atoms with Crippen molar-refractivity contribution in [3.8, 4) is 0 Å². The summed E-state index contributed by atoms with van der Waals surface area (Å²) < 4.78 is 6.24. The van der Waals surface area contributed by atoms with Crippen LogP contribution in [0, 0.1) is 0 Å². The summed E-state index contributed by atoms with van der Waals surface area (Å²) in [5.74, 6) is 0.884. The maximum atomic E-state index is 5.24. The molecule has 3 heteroatoms. The third-order valence-corrected chi connectivity index (χ3v) is 2.43. The number of furan rings is 1. The van der Waals surface area contributed by atoms with Gasteiger partial charge in [0, 0.05) is 6.04 Å². The molecule has 78 valence electrons. The van der Waals surface area contributed by atoms with Crippen LogP contribution in [-0.4, -0.2) is 12.6 Å². The molecule has 0 saturated heterocycles. The Kier molecular flexibility index (Phi) is 4.98. The smallest absolute Gasteiger partial charge is 0.140 e. The van der Waals surface area contributed by atoms with Crippen molar-refractivity contribution in [3.05, 3.63) is 28.6 Å². The molecular weight excluding hydrogens is 242 g/mol. The average molecular weight is 258 g/mol. The molecule has 14 heavy (non-hydrogen) atoms. The van der Waals surface area contributed by atoms with Crippen molar-refractivity contribution < 1.29 is 4.42 Å². The zero-order chi connectivity index (χ0) is 10.4. The summed E-state index contributed by atoms with van der Waals surface area (Å²) in [4.78, 5) is 0. The Bertz CT molecular complexity index is 291. The first-order valence-corrected chi connectivity index (χ1v) is 5.62. The largest absolute Gasteiger partial charge is 0.464 e. The van der Waals surface area contributed by atoms with Gasteiger partial charge in [-0.2, -0.15) is 0 Å². The minimum absolute atomic E-state index is 0.554. The first-order chi connectivity index (χ1) is 6.70. The van der Waals surface area contributed by atoms with Crippen molar-refractivity contribution in [2.75, 3.05) is 6.54 Å². The zero-order valence-corrected chi connectivity index (χ0v) is 10.2. The summed E-state index contributed by atoms with van der Waals surface area (Å²) in [5.41, 5.74) is 0. The van der Waals surface area contributed by atoms with Crippen molar-refractivity contribution in [2.45, 2.75) is 26.3 Å². The molecule has 2 nitrogen and oxygen atoms in total. The van der Waals surface area contributed by atoms with Gasteiger partial charge < -0.3 is 9.73 Å². The van der Waals surface area contributed by atoms with Crippen LogP contribution in [0.2, 0.25) is 0 Å². The molecule has 1 aromatic heterocycles. The molecule has 1 N–H and O–H groups in total. The van der Waals surface area contributed by atoms with Gasteiger partial charge in [0.1, 0.15) is 5.76 Å². The molecule has 0 aliphatic carbocycles. The van der Waals surface area contributed by atoms with Gasteiger partial charge in [-0.3, -0.25) is 0 Å². The van der Waals surface area contributed by atoms with E-state index in [2.05, 4.69) is 41.2 Å². The van der Waals surface area contributed by atoms with Crippen molar-refractivity contribution >= 4 is 22.0 Å². The van der Waals surface area contributed by atoms with E-state index < -0.39 is 0 Å². The van der Waals surface area contributed by atoms with Gasteiger partial charge in [0.25, 0.3) is 0 Å². The average Bonchev–Trinajstić information content (AvgIpc) is 2.51. The van der Waals surface area contributed by atoms with Crippen LogP contribution in [0.3, 0.4) is 0 Å². The van der Waals surface area contributed by atoms with Crippen LogP contribution in [0.4, 0.5) is 0 Å². The molecule has 0 fully saturated rings. The second kappa shape index (κ2) is 6.04. The Labute approximate surface area is 93.5 Å². The molecule has 0 atom stereocenters. The van der Waals surface area contributed by atoms with Crippen LogP contribution in [0.15, 0.2) is 27.3 Å². The van der Waals surface area contributed by atoms with E-state index in [1.807, 2.05) is 12.1 Å². The van der Waals surface area contributed by atoms with Gasteiger partial charge in [0.05, 0.1) is 10.7 Å². The summed E-state index contributed by atoms with van der Waals surface area (Å²) in [6.45, 7) is 5.30. The molecule has 0 amide bonds. The van der Waals surface area contributed by atoms with Gasteiger partial charge >= 0.3 is 0 Å². The molecule has 0 radical (unpaired) electrons. The fourth-order valence-corrected chi connectivity index (χ4v) is 1.40. The number of rotatable bonds is 5. The molecule has 1 aromatic rings. The summed E-state index contributed by atoms with van der Waals surface area (Å²) in [7, 11) is 0. The number of hydrogen-bond donors (Lipinski definition) is 1. The third kappa shape index (κ3) is 4.11. The Morgan fingerprint density at radius 2 is 2.36 bits per heavy atom. The lowest BCUT2D eigenvalue weighted by atomic mass is 10.3. The molecule has 0 aliphatic rings. The predicted octanol–water partition coefficient (Wildman–Crippen LogP) is 3.44. The molecule has 0 unspecified atom stereocenters. The maximum Gasteiger partial charge on any atom is 0.140 e. The highest BCUT2D eigenvalue weighted by Gasteiger charge is 1.96. The molecule has 0 aliphatic heterocycles. The SMILES string of the molecule is CC(C)NCCC=Cc1occc1Br. The normalized spacial score (nSPS) is 11.7. The standard InChI is InChI=1S/C11H16BrNO/c1-9(2)13-7-4-3-5-11-10(12)6-8-14-11/h3,5-6,8-9,13H,4,7H2,1-2H3. The van der Waals surface area contributed by atoms with Crippen LogP contribution in [0.1, 0.15) is 26.0 Å². The molecule has 0 spiro atoms. The van der Waals surface area contributed by atoms with E-state index in [4.69, 9.17) is 4.42 Å². The van der Waals surface area contributed by atoms with E-state index >= 15 is 0 Å². The van der Waals surface area contributed by atoms with Crippen molar-refractivity contribution in [1.82, 2.24) is 5.32 Å². The van der Waals surface area contributed by atoms with E-state index in [0.29, 0.717) is 6.04 Å². The first-order valence-electron chi connectivity index (χ1n) is 4.83. The Morgan fingerprint density at radius 1 is 1.57 bits per heavy atom. The Balaban J connectivity index is 2.25. The van der Waals surface area contributed by atoms with Gasteiger partial charge in [-0.1, -0.05) is 19.9 Å². The van der Waals surface area contributed by atoms with Crippen LogP contribution in [0.5, 0.6) is 0 Å². The van der Waals surface area contributed by atoms with E-state index in [9.17, 15) is 0 Å². The highest BCUT2D eigenvalue weighted by molar-refractivity contribution is 9.10. The third-order valence-electron chi connectivity index (χ3n) is 1.78. The molecular formula is C11H16BrNO. The topological polar surface area (TPSA) is 25.2 Å². The van der Waals surface area contributed by atoms with E-state index in [-0.39, 0.29) is 0 Å². The van der Waals surface area contributed by atoms with E-state index in [1.165, 1.54) is 0 Å². The lowest BCUT2D eigenvalue weighted by molar-refractivity contribution is 0.555. The minimum atomic E-state index is 0.554. The minimum Gasteiger partial charge on any atom is -0.464 e. The van der Waals surface area contributed by atoms with E-state index in [0.717, 1.165) is 23.2 Å². The maximum absolute atomic E-state index is 5.24. The quantitative estimate of drug-likeness (QED) is 0.818. The summed E-state index contributed by atoms with van der Waals surface area (Å²) in [5, 5.41) is 3.35. The van der Waals surface area contributed by atoms with Crippen LogP contribution < -0.4 is 5.32 Å². The van der Waals surface area contributed by atoms with Crippen LogP contribution >= 0.6 is 15.9 Å². The highest BCUT2D eigenvalue weighted by Crippen LogP contribution is 2.18. The summed E-state index contributed by atoms with van der Waals surface area (Å²) in [6, 6.07) is 2.45. The molecule has 0 bridgehead atoms. The van der Waals surface area contributed by atoms with Gasteiger partial charge in [0.2, 0.25) is 0 Å². The first kappa shape index (κ1) is 11.5. The van der Waals surface area contributed by atoms with Gasteiger partial charge in [-0.25, -0.2) is 0 Å². The summed E-state index contributed by atoms with van der Waals surface area (Å²) in [6.07, 6.45) is 6.80. The second-order valence-corrected chi connectivity index (χ2v) is 4.29. The van der Waals surface area contributed by atoms with Crippen molar-refractivity contribution in [1.29, 1.82) is 0 Å². The number of hydrogen-bond acceptors (Lipinski definition) is 2. The molecule has 0 saturated carbocycles. The van der Waals surface area contributed by atoms with Gasteiger partial charge in [0.15, 0.2) is 0 Å². The number of halogens is 1. The van der Waals surface area contributed by atoms with Crippen LogP contribution in [0.25, 0.3) is 6.08 Å². The zero-order valence-electron chi connectivity index (χ0n) is 8.59. The second-order valence-electron chi connectivity index (χ2n) is 3.43. The fraction of sp³-hybridized carbons (Fsp3) is 0.455. The molecule has 1 heterocycles. The Morgan fingerprint density at radius 3 is 2.93 bits per heavy atom. The lowest BCUT2D eigenvalue weighted by Gasteiger charge is -2.04. The molecule has 1 rings (SSSR count). The van der Waals surface area contributed by atoms with Gasteiger partial charge in [-0.05, 0) is 41.0 Å². The van der Waals surface area contributed by atoms with E-state index in [1.54, 1.807) is 6.26 Å². The monoisotopic (exact) mass is 257 g/mol. The summed E-state index contributed by atoms with van der Waals surface area (Å²) >= 11 is 3.40. The highest BCUT2D eigenvalue weighted by atomic mass is 79.9.